The molecule has 1 aromatic heterocycles. The van der Waals surface area contributed by atoms with Crippen LogP contribution in [0, 0.1) is 24.5 Å². The highest BCUT2D eigenvalue weighted by Crippen LogP contribution is 2.35. The highest BCUT2D eigenvalue weighted by molar-refractivity contribution is 5.91. The van der Waals surface area contributed by atoms with Crippen LogP contribution in [0.1, 0.15) is 42.9 Å². The SMILES string of the molecule is CCN(CCC(C)[C@H](O)CN1CC(O)C(c2c[nH]c3c(C)cccc23)[C@H](O)C1)C(=O)/C=C/c1cc(F)cc(F)c1. The van der Waals surface area contributed by atoms with Gasteiger partial charge in [0.05, 0.1) is 18.3 Å². The van der Waals surface area contributed by atoms with E-state index in [4.69, 9.17) is 0 Å². The second-order valence-electron chi connectivity index (χ2n) is 10.9. The second-order valence-corrected chi connectivity index (χ2v) is 10.9. The molecule has 1 aliphatic rings. The van der Waals surface area contributed by atoms with Crippen molar-refractivity contribution in [2.75, 3.05) is 32.7 Å². The van der Waals surface area contributed by atoms with Gasteiger partial charge in [-0.2, -0.15) is 0 Å². The molecule has 0 radical (unpaired) electrons. The van der Waals surface area contributed by atoms with Gasteiger partial charge in [0.1, 0.15) is 11.6 Å². The Bertz CT molecular complexity index is 1310. The summed E-state index contributed by atoms with van der Waals surface area (Å²) in [6.45, 7) is 7.57. The van der Waals surface area contributed by atoms with E-state index < -0.39 is 35.9 Å². The van der Waals surface area contributed by atoms with E-state index in [1.165, 1.54) is 12.2 Å². The van der Waals surface area contributed by atoms with E-state index in [2.05, 4.69) is 4.98 Å². The van der Waals surface area contributed by atoms with Gasteiger partial charge < -0.3 is 25.2 Å². The number of nitrogens with one attached hydrogen (secondary N) is 1. The van der Waals surface area contributed by atoms with Crippen molar-refractivity contribution in [1.29, 1.82) is 0 Å². The number of aromatic nitrogens is 1. The van der Waals surface area contributed by atoms with Crippen LogP contribution >= 0.6 is 0 Å². The van der Waals surface area contributed by atoms with Gasteiger partial charge in [0.15, 0.2) is 0 Å². The number of amides is 1. The summed E-state index contributed by atoms with van der Waals surface area (Å²) in [4.78, 5) is 19.4. The maximum Gasteiger partial charge on any atom is 0.246 e. The number of carbonyl (C=O) groups is 1. The summed E-state index contributed by atoms with van der Waals surface area (Å²) in [6, 6.07) is 9.06. The van der Waals surface area contributed by atoms with Gasteiger partial charge in [-0.1, -0.05) is 25.1 Å². The van der Waals surface area contributed by atoms with Gasteiger partial charge in [0.25, 0.3) is 0 Å². The largest absolute Gasteiger partial charge is 0.392 e. The van der Waals surface area contributed by atoms with Crippen molar-refractivity contribution in [1.82, 2.24) is 14.8 Å². The summed E-state index contributed by atoms with van der Waals surface area (Å²) in [5.74, 6) is -2.28. The van der Waals surface area contributed by atoms with Crippen LogP contribution in [-0.2, 0) is 4.79 Å². The first-order valence-electron chi connectivity index (χ1n) is 13.8. The number of nitrogens with zero attached hydrogens (tertiary/aromatic N) is 2. The molecule has 5 atom stereocenters. The molecular weight excluding hydrogens is 516 g/mol. The Hall–Kier alpha value is -3.11. The standard InChI is InChI=1S/C31H39F2N3O4/c1-4-36(29(40)9-8-21-12-22(32)14-23(33)13-21)11-10-19(2)26(37)16-35-17-27(38)30(28(39)18-35)25-15-34-31-20(3)6-5-7-24(25)31/h5-9,12-15,19,26-28,30,34,37-39H,4,10-11,16-18H2,1-3H3/b9-8+/t19?,26-,27-,28?,30?/m1/s1. The van der Waals surface area contributed by atoms with Crippen LogP contribution < -0.4 is 0 Å². The summed E-state index contributed by atoms with van der Waals surface area (Å²) in [5, 5.41) is 33.9. The lowest BCUT2D eigenvalue weighted by Gasteiger charge is -2.40. The molecule has 3 unspecified atom stereocenters. The van der Waals surface area contributed by atoms with Crippen molar-refractivity contribution >= 4 is 22.9 Å². The first-order valence-corrected chi connectivity index (χ1v) is 13.8. The number of piperidine rings is 1. The second kappa shape index (κ2) is 13.0. The number of aliphatic hydroxyl groups excluding tert-OH is 3. The van der Waals surface area contributed by atoms with Crippen LogP contribution in [0.2, 0.25) is 0 Å². The number of aryl methyl sites for hydroxylation is 1. The Morgan fingerprint density at radius 2 is 1.85 bits per heavy atom. The molecule has 0 aliphatic carbocycles. The third-order valence-corrected chi connectivity index (χ3v) is 7.99. The first kappa shape index (κ1) is 29.9. The average Bonchev–Trinajstić information content (AvgIpc) is 3.31. The number of likely N-dealkylation sites (N-methyl/N-ethyl adjacent to an activating group) is 1. The molecule has 7 nitrogen and oxygen atoms in total. The molecule has 1 fully saturated rings. The zero-order chi connectivity index (χ0) is 29.0. The van der Waals surface area contributed by atoms with Crippen LogP contribution in [0.5, 0.6) is 0 Å². The Labute approximate surface area is 233 Å². The third kappa shape index (κ3) is 6.96. The summed E-state index contributed by atoms with van der Waals surface area (Å²) in [6.07, 6.45) is 2.78. The van der Waals surface area contributed by atoms with Crippen molar-refractivity contribution < 1.29 is 28.9 Å². The Morgan fingerprint density at radius 3 is 2.50 bits per heavy atom. The number of β-amino-alcohol motifs (C(OH)–C–C–N with tert-alkyl or cyclic N) is 3. The predicted octanol–water partition coefficient (Wildman–Crippen LogP) is 3.82. The van der Waals surface area contributed by atoms with Gasteiger partial charge in [-0.05, 0) is 61.1 Å². The number of benzene rings is 2. The molecule has 0 saturated carbocycles. The zero-order valence-electron chi connectivity index (χ0n) is 23.2. The summed E-state index contributed by atoms with van der Waals surface area (Å²) in [7, 11) is 0. The average molecular weight is 556 g/mol. The van der Waals surface area contributed by atoms with E-state index in [0.717, 1.165) is 40.2 Å². The Morgan fingerprint density at radius 1 is 1.18 bits per heavy atom. The van der Waals surface area contributed by atoms with E-state index in [-0.39, 0.29) is 17.4 Å². The van der Waals surface area contributed by atoms with E-state index in [1.807, 2.05) is 50.1 Å². The number of halogens is 2. The van der Waals surface area contributed by atoms with E-state index in [0.29, 0.717) is 39.1 Å². The van der Waals surface area contributed by atoms with E-state index >= 15 is 0 Å². The number of fused-ring (bicyclic) bond motifs is 1. The fourth-order valence-electron chi connectivity index (χ4n) is 5.62. The molecule has 3 aromatic rings. The topological polar surface area (TPSA) is 100 Å². The number of rotatable bonds is 10. The fourth-order valence-corrected chi connectivity index (χ4v) is 5.62. The van der Waals surface area contributed by atoms with Crippen molar-refractivity contribution in [3.63, 3.8) is 0 Å². The van der Waals surface area contributed by atoms with Crippen LogP contribution in [0.3, 0.4) is 0 Å². The molecule has 2 heterocycles. The number of para-hydroxylation sites is 1. The van der Waals surface area contributed by atoms with Crippen LogP contribution in [0.25, 0.3) is 17.0 Å². The lowest BCUT2D eigenvalue weighted by Crippen LogP contribution is -2.53. The molecule has 0 bridgehead atoms. The Kier molecular flexibility index (Phi) is 9.73. The quantitative estimate of drug-likeness (QED) is 0.285. The van der Waals surface area contributed by atoms with Crippen molar-refractivity contribution in [2.24, 2.45) is 5.92 Å². The molecule has 216 valence electrons. The van der Waals surface area contributed by atoms with Gasteiger partial charge in [-0.15, -0.1) is 0 Å². The normalized spacial score (nSPS) is 21.6. The minimum Gasteiger partial charge on any atom is -0.392 e. The summed E-state index contributed by atoms with van der Waals surface area (Å²) >= 11 is 0. The maximum absolute atomic E-state index is 13.4. The predicted molar refractivity (Wildman–Crippen MR) is 152 cm³/mol. The van der Waals surface area contributed by atoms with Crippen LogP contribution in [0.15, 0.2) is 48.7 Å². The fraction of sp³-hybridized carbons (Fsp3) is 0.452. The van der Waals surface area contributed by atoms with Gasteiger partial charge in [0, 0.05) is 67.9 Å². The molecule has 1 saturated heterocycles. The Balaban J connectivity index is 1.29. The van der Waals surface area contributed by atoms with Gasteiger partial charge >= 0.3 is 0 Å². The van der Waals surface area contributed by atoms with Gasteiger partial charge in [-0.3, -0.25) is 9.69 Å². The minimum absolute atomic E-state index is 0.147. The number of aliphatic hydroxyl groups is 3. The lowest BCUT2D eigenvalue weighted by molar-refractivity contribution is -0.126. The highest BCUT2D eigenvalue weighted by atomic mass is 19.1. The first-order chi connectivity index (χ1) is 19.1. The third-order valence-electron chi connectivity index (χ3n) is 7.99. The molecule has 4 rings (SSSR count). The molecule has 9 heteroatoms. The number of hydrogen-bond donors (Lipinski definition) is 4. The number of H-pyrrole nitrogens is 1. The zero-order valence-corrected chi connectivity index (χ0v) is 23.2. The summed E-state index contributed by atoms with van der Waals surface area (Å²) < 4.78 is 26.8. The maximum atomic E-state index is 13.4. The lowest BCUT2D eigenvalue weighted by atomic mass is 9.84. The van der Waals surface area contributed by atoms with Gasteiger partial charge in [-0.25, -0.2) is 8.78 Å². The molecule has 2 aromatic carbocycles. The van der Waals surface area contributed by atoms with Crippen molar-refractivity contribution in [2.45, 2.75) is 51.4 Å². The van der Waals surface area contributed by atoms with Crippen LogP contribution in [-0.4, -0.2) is 87.0 Å². The number of aromatic amines is 1. The molecule has 0 spiro atoms. The van der Waals surface area contributed by atoms with Crippen molar-refractivity contribution in [3.8, 4) is 0 Å². The highest BCUT2D eigenvalue weighted by Gasteiger charge is 2.38. The summed E-state index contributed by atoms with van der Waals surface area (Å²) in [5.41, 5.74) is 3.26. The monoisotopic (exact) mass is 555 g/mol. The van der Waals surface area contributed by atoms with Crippen LogP contribution in [0.4, 0.5) is 8.78 Å². The van der Waals surface area contributed by atoms with Crippen molar-refractivity contribution in [3.05, 3.63) is 77.0 Å². The number of hydrogen-bond acceptors (Lipinski definition) is 5. The minimum atomic E-state index is -0.794. The van der Waals surface area contributed by atoms with E-state index in [1.54, 1.807) is 4.90 Å². The van der Waals surface area contributed by atoms with E-state index in [9.17, 15) is 28.9 Å². The molecule has 1 amide bonds. The molecule has 4 N–H and O–H groups in total. The smallest absolute Gasteiger partial charge is 0.246 e. The molecule has 1 aliphatic heterocycles. The van der Waals surface area contributed by atoms with Gasteiger partial charge in [0.2, 0.25) is 5.91 Å². The number of likely N-dealkylation sites (tertiary alicyclic amines) is 1. The molecule has 40 heavy (non-hydrogen) atoms. The number of carbonyl (C=O) groups excluding carboxylic acids is 1. The molecular formula is C31H39F2N3O4.